The van der Waals surface area contributed by atoms with Crippen LogP contribution in [-0.4, -0.2) is 28.4 Å². The fourth-order valence-corrected chi connectivity index (χ4v) is 3.72. The lowest BCUT2D eigenvalue weighted by Crippen LogP contribution is -2.34. The van der Waals surface area contributed by atoms with Crippen molar-refractivity contribution in [1.82, 2.24) is 14.7 Å². The van der Waals surface area contributed by atoms with Crippen molar-refractivity contribution in [2.24, 2.45) is 5.92 Å². The monoisotopic (exact) mass is 355 g/mol. The van der Waals surface area contributed by atoms with Gasteiger partial charge in [0.05, 0.1) is 6.61 Å². The lowest BCUT2D eigenvalue weighted by Gasteiger charge is -2.14. The quantitative estimate of drug-likeness (QED) is 0.781. The maximum absolute atomic E-state index is 12.4. The summed E-state index contributed by atoms with van der Waals surface area (Å²) in [7, 11) is 0. The van der Waals surface area contributed by atoms with E-state index in [2.05, 4.69) is 16.4 Å². The van der Waals surface area contributed by atoms with Gasteiger partial charge in [0.2, 0.25) is 0 Å². The summed E-state index contributed by atoms with van der Waals surface area (Å²) in [6, 6.07) is 7.98. The number of hydrogen-bond acceptors (Lipinski definition) is 5. The van der Waals surface area contributed by atoms with E-state index >= 15 is 0 Å². The van der Waals surface area contributed by atoms with Gasteiger partial charge in [-0.1, -0.05) is 18.2 Å². The zero-order chi connectivity index (χ0) is 17.2. The number of rotatable bonds is 3. The highest BCUT2D eigenvalue weighted by Crippen LogP contribution is 2.26. The minimum atomic E-state index is -0.378. The van der Waals surface area contributed by atoms with Gasteiger partial charge in [0.25, 0.3) is 11.5 Å². The molecule has 0 radical (unpaired) electrons. The van der Waals surface area contributed by atoms with Gasteiger partial charge < -0.3 is 10.1 Å². The van der Waals surface area contributed by atoms with Gasteiger partial charge in [0.15, 0.2) is 4.96 Å². The number of carbonyl (C=O) groups excluding carboxylic acids is 1. The second-order valence-corrected chi connectivity index (χ2v) is 6.93. The Morgan fingerprint density at radius 2 is 2.28 bits per heavy atom. The number of aromatic nitrogens is 2. The number of nitrogens with one attached hydrogen (secondary N) is 1. The number of thiazole rings is 1. The summed E-state index contributed by atoms with van der Waals surface area (Å²) in [4.78, 5) is 29.5. The van der Waals surface area contributed by atoms with Crippen molar-refractivity contribution in [2.45, 2.75) is 12.8 Å². The first kappa shape index (κ1) is 15.8. The zero-order valence-electron chi connectivity index (χ0n) is 13.5. The third-order valence-corrected chi connectivity index (χ3v) is 5.17. The first-order valence-electron chi connectivity index (χ1n) is 8.16. The smallest absolute Gasteiger partial charge is 0.271 e. The van der Waals surface area contributed by atoms with Crippen LogP contribution in [0.4, 0.5) is 0 Å². The molecule has 0 saturated carbocycles. The molecule has 1 aliphatic rings. The topological polar surface area (TPSA) is 72.7 Å². The zero-order valence-corrected chi connectivity index (χ0v) is 14.3. The molecule has 7 heteroatoms. The van der Waals surface area contributed by atoms with Crippen LogP contribution < -0.4 is 15.6 Å². The lowest BCUT2D eigenvalue weighted by molar-refractivity contribution is 0.0943. The molecule has 6 nitrogen and oxygen atoms in total. The molecule has 0 unspecified atom stereocenters. The second kappa shape index (κ2) is 6.68. The van der Waals surface area contributed by atoms with Gasteiger partial charge in [-0.25, -0.2) is 4.98 Å². The first-order valence-corrected chi connectivity index (χ1v) is 9.04. The fraction of sp³-hybridized carbons (Fsp3) is 0.278. The molecule has 1 N–H and O–H groups in total. The number of benzene rings is 1. The fourth-order valence-electron chi connectivity index (χ4n) is 3.05. The third-order valence-electron chi connectivity index (χ3n) is 4.40. The normalized spacial score (nSPS) is 16.7. The van der Waals surface area contributed by atoms with Gasteiger partial charge in [-0.15, -0.1) is 11.3 Å². The average molecular weight is 355 g/mol. The van der Waals surface area contributed by atoms with Crippen LogP contribution in [0.15, 0.2) is 46.8 Å². The molecule has 4 rings (SSSR count). The maximum Gasteiger partial charge on any atom is 0.271 e. The third kappa shape index (κ3) is 3.15. The Labute approximate surface area is 148 Å². The highest BCUT2D eigenvalue weighted by Gasteiger charge is 2.19. The van der Waals surface area contributed by atoms with Crippen LogP contribution in [0.5, 0.6) is 5.75 Å². The van der Waals surface area contributed by atoms with Gasteiger partial charge >= 0.3 is 0 Å². The second-order valence-electron chi connectivity index (χ2n) is 6.06. The molecule has 1 amide bonds. The Balaban J connectivity index is 1.46. The van der Waals surface area contributed by atoms with Crippen molar-refractivity contribution in [1.29, 1.82) is 0 Å². The van der Waals surface area contributed by atoms with Crippen molar-refractivity contribution < 1.29 is 9.53 Å². The largest absolute Gasteiger partial charge is 0.493 e. The van der Waals surface area contributed by atoms with E-state index in [1.54, 1.807) is 11.6 Å². The van der Waals surface area contributed by atoms with E-state index in [9.17, 15) is 9.59 Å². The number of nitrogens with zero attached hydrogens (tertiary/aromatic N) is 2. The maximum atomic E-state index is 12.4. The van der Waals surface area contributed by atoms with Crippen molar-refractivity contribution in [3.05, 3.63) is 63.5 Å². The summed E-state index contributed by atoms with van der Waals surface area (Å²) in [5.74, 6) is 0.812. The molecule has 0 spiro atoms. The molecule has 1 aliphatic heterocycles. The minimum absolute atomic E-state index is 0.0705. The summed E-state index contributed by atoms with van der Waals surface area (Å²) < 4.78 is 7.15. The van der Waals surface area contributed by atoms with Crippen molar-refractivity contribution in [2.75, 3.05) is 13.2 Å². The Morgan fingerprint density at radius 1 is 1.40 bits per heavy atom. The molecule has 1 atom stereocenters. The lowest BCUT2D eigenvalue weighted by atomic mass is 9.97. The van der Waals surface area contributed by atoms with Crippen LogP contribution in [0.2, 0.25) is 0 Å². The van der Waals surface area contributed by atoms with Crippen LogP contribution in [0.3, 0.4) is 0 Å². The molecule has 0 saturated heterocycles. The van der Waals surface area contributed by atoms with E-state index in [0.29, 0.717) is 18.1 Å². The number of hydrogen-bond donors (Lipinski definition) is 1. The van der Waals surface area contributed by atoms with Crippen molar-refractivity contribution in [3.8, 4) is 5.75 Å². The first-order chi connectivity index (χ1) is 12.2. The van der Waals surface area contributed by atoms with Gasteiger partial charge in [0.1, 0.15) is 11.3 Å². The molecule has 128 valence electrons. The number of fused-ring (bicyclic) bond motifs is 2. The minimum Gasteiger partial charge on any atom is -0.493 e. The van der Waals surface area contributed by atoms with E-state index in [4.69, 9.17) is 4.74 Å². The Bertz CT molecular complexity index is 979. The molecular weight excluding hydrogens is 338 g/mol. The van der Waals surface area contributed by atoms with Gasteiger partial charge in [-0.2, -0.15) is 0 Å². The molecule has 2 aromatic heterocycles. The molecule has 0 bridgehead atoms. The van der Waals surface area contributed by atoms with E-state index in [1.165, 1.54) is 21.9 Å². The average Bonchev–Trinajstić information content (AvgIpc) is 3.01. The predicted octanol–water partition coefficient (Wildman–Crippen LogP) is 2.13. The van der Waals surface area contributed by atoms with Gasteiger partial charge in [-0.05, 0) is 30.4 Å². The summed E-state index contributed by atoms with van der Waals surface area (Å²) >= 11 is 1.36. The molecular formula is C18H17N3O3S. The summed E-state index contributed by atoms with van der Waals surface area (Å²) in [5, 5.41) is 4.65. The van der Waals surface area contributed by atoms with E-state index < -0.39 is 0 Å². The molecule has 3 heterocycles. The highest BCUT2D eigenvalue weighted by molar-refractivity contribution is 7.15. The van der Waals surface area contributed by atoms with Crippen LogP contribution in [0.1, 0.15) is 22.3 Å². The molecule has 25 heavy (non-hydrogen) atoms. The van der Waals surface area contributed by atoms with Crippen molar-refractivity contribution in [3.63, 3.8) is 0 Å². The molecule has 0 aliphatic carbocycles. The summed E-state index contributed by atoms with van der Waals surface area (Å²) in [6.07, 6.45) is 4.69. The van der Waals surface area contributed by atoms with Gasteiger partial charge in [-0.3, -0.25) is 14.0 Å². The summed E-state index contributed by atoms with van der Waals surface area (Å²) in [5.41, 5.74) is 0.889. The highest BCUT2D eigenvalue weighted by atomic mass is 32.1. The number of amides is 1. The Morgan fingerprint density at radius 3 is 3.20 bits per heavy atom. The SMILES string of the molecule is O=C(NC[C@H]1CCOc2ccccc2C1)c1cnc2sccn2c1=O. The van der Waals surface area contributed by atoms with Gasteiger partial charge in [0, 0.05) is 24.3 Å². The van der Waals surface area contributed by atoms with E-state index in [1.807, 2.05) is 18.2 Å². The van der Waals surface area contributed by atoms with E-state index in [0.717, 1.165) is 24.2 Å². The van der Waals surface area contributed by atoms with Crippen LogP contribution >= 0.6 is 11.3 Å². The molecule has 1 aromatic carbocycles. The van der Waals surface area contributed by atoms with E-state index in [-0.39, 0.29) is 22.9 Å². The predicted molar refractivity (Wildman–Crippen MR) is 95.4 cm³/mol. The van der Waals surface area contributed by atoms with Crippen LogP contribution in [0, 0.1) is 5.92 Å². The van der Waals surface area contributed by atoms with Crippen LogP contribution in [0.25, 0.3) is 4.96 Å². The Kier molecular flexibility index (Phi) is 4.23. The molecule has 0 fully saturated rings. The Hall–Kier alpha value is -2.67. The van der Waals surface area contributed by atoms with Crippen molar-refractivity contribution >= 4 is 22.2 Å². The number of carbonyl (C=O) groups is 1. The number of ether oxygens (including phenoxy) is 1. The number of para-hydroxylation sites is 1. The summed E-state index contributed by atoms with van der Waals surface area (Å²) in [6.45, 7) is 1.13. The molecule has 3 aromatic rings. The standard InChI is InChI=1S/C18H17N3O3S/c22-16(14-11-20-18-21(17(14)23)6-8-25-18)19-10-12-5-7-24-15-4-2-1-3-13(15)9-12/h1-4,6,8,11-12H,5,7,9-10H2,(H,19,22)/t12-/m0/s1. The van der Waals surface area contributed by atoms with Crippen LogP contribution in [-0.2, 0) is 6.42 Å².